The molecule has 3 rings (SSSR count). The molecule has 1 saturated heterocycles. The number of anilines is 1. The summed E-state index contributed by atoms with van der Waals surface area (Å²) in [6.45, 7) is 2.44. The highest BCUT2D eigenvalue weighted by Gasteiger charge is 2.35. The molecular formula is C17H17FN4O2. The van der Waals surface area contributed by atoms with Crippen molar-refractivity contribution in [3.8, 4) is 0 Å². The fraction of sp³-hybridized carbons (Fsp3) is 0.235. The standard InChI is InChI=1S/C17H17FN4O2/c1-11-10-12(18)5-6-13(11)15-16(23)20-8-9-22(15)17(24)21-14-4-2-3-7-19-14/h2-7,10,15H,8-9H2,1H3,(H,20,23)(H,19,21,24)/t15-/m0/s1. The number of urea groups is 1. The van der Waals surface area contributed by atoms with E-state index < -0.39 is 12.1 Å². The van der Waals surface area contributed by atoms with Gasteiger partial charge in [0.25, 0.3) is 0 Å². The van der Waals surface area contributed by atoms with Crippen LogP contribution in [0.3, 0.4) is 0 Å². The van der Waals surface area contributed by atoms with Gasteiger partial charge < -0.3 is 10.2 Å². The summed E-state index contributed by atoms with van der Waals surface area (Å²) >= 11 is 0. The van der Waals surface area contributed by atoms with Gasteiger partial charge in [-0.3, -0.25) is 10.1 Å². The van der Waals surface area contributed by atoms with Gasteiger partial charge in [-0.05, 0) is 42.3 Å². The number of hydrogen-bond acceptors (Lipinski definition) is 3. The molecule has 2 heterocycles. The molecule has 0 spiro atoms. The number of hydrogen-bond donors (Lipinski definition) is 2. The van der Waals surface area contributed by atoms with E-state index in [4.69, 9.17) is 0 Å². The molecule has 7 heteroatoms. The average Bonchev–Trinajstić information content (AvgIpc) is 2.56. The summed E-state index contributed by atoms with van der Waals surface area (Å²) in [6.07, 6.45) is 1.57. The summed E-state index contributed by atoms with van der Waals surface area (Å²) in [5.74, 6) is -0.257. The van der Waals surface area contributed by atoms with Crippen LogP contribution < -0.4 is 10.6 Å². The van der Waals surface area contributed by atoms with Gasteiger partial charge in [-0.2, -0.15) is 0 Å². The van der Waals surface area contributed by atoms with Crippen LogP contribution in [0.1, 0.15) is 17.2 Å². The Balaban J connectivity index is 1.89. The van der Waals surface area contributed by atoms with Crippen molar-refractivity contribution in [1.29, 1.82) is 0 Å². The number of piperazine rings is 1. The van der Waals surface area contributed by atoms with Crippen LogP contribution in [0.15, 0.2) is 42.6 Å². The first-order valence-corrected chi connectivity index (χ1v) is 7.58. The number of carbonyl (C=O) groups excluding carboxylic acids is 2. The zero-order valence-corrected chi connectivity index (χ0v) is 13.1. The fourth-order valence-corrected chi connectivity index (χ4v) is 2.76. The van der Waals surface area contributed by atoms with Gasteiger partial charge in [-0.15, -0.1) is 0 Å². The maximum atomic E-state index is 13.4. The van der Waals surface area contributed by atoms with E-state index in [1.54, 1.807) is 37.4 Å². The number of aromatic nitrogens is 1. The Morgan fingerprint density at radius 1 is 1.38 bits per heavy atom. The molecular weight excluding hydrogens is 311 g/mol. The van der Waals surface area contributed by atoms with Gasteiger partial charge in [0.15, 0.2) is 0 Å². The van der Waals surface area contributed by atoms with E-state index in [-0.39, 0.29) is 11.7 Å². The van der Waals surface area contributed by atoms with Crippen molar-refractivity contribution in [3.63, 3.8) is 0 Å². The minimum absolute atomic E-state index is 0.285. The van der Waals surface area contributed by atoms with Crippen molar-refractivity contribution in [2.24, 2.45) is 0 Å². The lowest BCUT2D eigenvalue weighted by atomic mass is 9.98. The van der Waals surface area contributed by atoms with Crippen molar-refractivity contribution < 1.29 is 14.0 Å². The van der Waals surface area contributed by atoms with Crippen LogP contribution >= 0.6 is 0 Å². The molecule has 6 nitrogen and oxygen atoms in total. The monoisotopic (exact) mass is 328 g/mol. The summed E-state index contributed by atoms with van der Waals surface area (Å²) in [7, 11) is 0. The Hall–Kier alpha value is -2.96. The van der Waals surface area contributed by atoms with Gasteiger partial charge >= 0.3 is 6.03 Å². The van der Waals surface area contributed by atoms with Crippen molar-refractivity contribution in [2.75, 3.05) is 18.4 Å². The van der Waals surface area contributed by atoms with E-state index in [1.807, 2.05) is 0 Å². The van der Waals surface area contributed by atoms with Crippen LogP contribution in [0, 0.1) is 12.7 Å². The number of amides is 3. The highest BCUT2D eigenvalue weighted by molar-refractivity contribution is 5.94. The summed E-state index contributed by atoms with van der Waals surface area (Å²) < 4.78 is 13.4. The number of halogens is 1. The minimum atomic E-state index is -0.803. The normalized spacial score (nSPS) is 17.3. The summed E-state index contributed by atoms with van der Waals surface area (Å²) in [5.41, 5.74) is 1.22. The molecule has 0 bridgehead atoms. The second-order valence-corrected chi connectivity index (χ2v) is 5.53. The molecule has 2 aromatic rings. The van der Waals surface area contributed by atoms with Gasteiger partial charge in [0.1, 0.15) is 17.7 Å². The van der Waals surface area contributed by atoms with Gasteiger partial charge in [0.2, 0.25) is 5.91 Å². The third-order valence-electron chi connectivity index (χ3n) is 3.90. The third kappa shape index (κ3) is 3.19. The van der Waals surface area contributed by atoms with Crippen LogP contribution in [0.2, 0.25) is 0 Å². The molecule has 1 atom stereocenters. The topological polar surface area (TPSA) is 74.3 Å². The van der Waals surface area contributed by atoms with E-state index >= 15 is 0 Å². The van der Waals surface area contributed by atoms with Crippen molar-refractivity contribution in [1.82, 2.24) is 15.2 Å². The van der Waals surface area contributed by atoms with Crippen LogP contribution in [0.25, 0.3) is 0 Å². The smallest absolute Gasteiger partial charge is 0.324 e. The Kier molecular flexibility index (Phi) is 4.41. The Bertz CT molecular complexity index is 766. The van der Waals surface area contributed by atoms with Crippen molar-refractivity contribution >= 4 is 17.8 Å². The quantitative estimate of drug-likeness (QED) is 0.888. The predicted molar refractivity (Wildman–Crippen MR) is 86.8 cm³/mol. The molecule has 124 valence electrons. The highest BCUT2D eigenvalue weighted by atomic mass is 19.1. The summed E-state index contributed by atoms with van der Waals surface area (Å²) in [4.78, 5) is 30.4. The molecule has 1 aromatic carbocycles. The van der Waals surface area contributed by atoms with Gasteiger partial charge in [-0.1, -0.05) is 12.1 Å². The van der Waals surface area contributed by atoms with Crippen LogP contribution in [-0.4, -0.2) is 34.9 Å². The number of aryl methyl sites for hydroxylation is 1. The molecule has 1 fully saturated rings. The number of benzene rings is 1. The lowest BCUT2D eigenvalue weighted by molar-refractivity contribution is -0.127. The molecule has 1 aliphatic heterocycles. The first-order valence-electron chi connectivity index (χ1n) is 7.58. The fourth-order valence-electron chi connectivity index (χ4n) is 2.76. The van der Waals surface area contributed by atoms with E-state index in [1.165, 1.54) is 17.0 Å². The lowest BCUT2D eigenvalue weighted by Crippen LogP contribution is -2.53. The first kappa shape index (κ1) is 15.9. The zero-order chi connectivity index (χ0) is 17.1. The molecule has 0 radical (unpaired) electrons. The molecule has 1 aliphatic rings. The Labute approximate surface area is 138 Å². The first-order chi connectivity index (χ1) is 11.6. The van der Waals surface area contributed by atoms with E-state index in [2.05, 4.69) is 15.6 Å². The zero-order valence-electron chi connectivity index (χ0n) is 13.1. The Morgan fingerprint density at radius 2 is 2.21 bits per heavy atom. The van der Waals surface area contributed by atoms with Gasteiger partial charge in [-0.25, -0.2) is 14.2 Å². The van der Waals surface area contributed by atoms with Crippen LogP contribution in [0.4, 0.5) is 15.0 Å². The SMILES string of the molecule is Cc1cc(F)ccc1[C@H]1C(=O)NCCN1C(=O)Nc1ccccn1. The molecule has 24 heavy (non-hydrogen) atoms. The molecule has 0 saturated carbocycles. The molecule has 1 aromatic heterocycles. The molecule has 0 aliphatic carbocycles. The van der Waals surface area contributed by atoms with Gasteiger partial charge in [0, 0.05) is 19.3 Å². The third-order valence-corrected chi connectivity index (χ3v) is 3.90. The number of nitrogens with zero attached hydrogens (tertiary/aromatic N) is 2. The summed E-state index contributed by atoms with van der Waals surface area (Å²) in [5, 5.41) is 5.44. The molecule has 3 amide bonds. The largest absolute Gasteiger partial charge is 0.352 e. The second kappa shape index (κ2) is 6.66. The van der Waals surface area contributed by atoms with Crippen molar-refractivity contribution in [3.05, 3.63) is 59.5 Å². The molecule has 0 unspecified atom stereocenters. The number of rotatable bonds is 2. The maximum Gasteiger partial charge on any atom is 0.324 e. The van der Waals surface area contributed by atoms with E-state index in [0.29, 0.717) is 30.0 Å². The number of carbonyl (C=O) groups is 2. The minimum Gasteiger partial charge on any atom is -0.352 e. The average molecular weight is 328 g/mol. The number of pyridine rings is 1. The molecule has 2 N–H and O–H groups in total. The predicted octanol–water partition coefficient (Wildman–Crippen LogP) is 2.23. The van der Waals surface area contributed by atoms with Crippen molar-refractivity contribution in [2.45, 2.75) is 13.0 Å². The highest BCUT2D eigenvalue weighted by Crippen LogP contribution is 2.27. The maximum absolute atomic E-state index is 13.4. The second-order valence-electron chi connectivity index (χ2n) is 5.53. The van der Waals surface area contributed by atoms with E-state index in [9.17, 15) is 14.0 Å². The van der Waals surface area contributed by atoms with E-state index in [0.717, 1.165) is 0 Å². The number of nitrogens with one attached hydrogen (secondary N) is 2. The van der Waals surface area contributed by atoms with Crippen LogP contribution in [0.5, 0.6) is 0 Å². The lowest BCUT2D eigenvalue weighted by Gasteiger charge is -2.35. The Morgan fingerprint density at radius 3 is 2.92 bits per heavy atom. The van der Waals surface area contributed by atoms with Gasteiger partial charge in [0.05, 0.1) is 0 Å². The summed E-state index contributed by atoms with van der Waals surface area (Å²) in [6, 6.07) is 8.13. The van der Waals surface area contributed by atoms with Crippen LogP contribution in [-0.2, 0) is 4.79 Å².